The third-order valence-electron chi connectivity index (χ3n) is 5.46. The molecule has 28 heavy (non-hydrogen) atoms. The van der Waals surface area contributed by atoms with Crippen LogP contribution in [0.3, 0.4) is 0 Å². The second-order valence-corrected chi connectivity index (χ2v) is 7.98. The molecule has 0 bridgehead atoms. The highest BCUT2D eigenvalue weighted by molar-refractivity contribution is 7.96. The molecule has 3 N–H and O–H groups in total. The Morgan fingerprint density at radius 2 is 2.00 bits per heavy atom. The van der Waals surface area contributed by atoms with Crippen molar-refractivity contribution in [2.75, 3.05) is 26.0 Å². The van der Waals surface area contributed by atoms with Crippen LogP contribution in [0.2, 0.25) is 0 Å². The van der Waals surface area contributed by atoms with E-state index in [1.54, 1.807) is 11.9 Å². The van der Waals surface area contributed by atoms with Crippen LogP contribution in [0.1, 0.15) is 24.8 Å². The fourth-order valence-corrected chi connectivity index (χ4v) is 4.15. The van der Waals surface area contributed by atoms with Crippen molar-refractivity contribution in [1.29, 1.82) is 0 Å². The summed E-state index contributed by atoms with van der Waals surface area (Å²) in [6, 6.07) is 10.7. The van der Waals surface area contributed by atoms with Crippen LogP contribution in [0.25, 0.3) is 22.2 Å². The molecule has 0 radical (unpaired) electrons. The van der Waals surface area contributed by atoms with Crippen LogP contribution in [0.4, 0.5) is 0 Å². The predicted octanol–water partition coefficient (Wildman–Crippen LogP) is 4.37. The summed E-state index contributed by atoms with van der Waals surface area (Å²) < 4.78 is 9.51. The van der Waals surface area contributed by atoms with Crippen LogP contribution >= 0.6 is 11.9 Å². The van der Waals surface area contributed by atoms with Crippen molar-refractivity contribution < 1.29 is 4.74 Å². The van der Waals surface area contributed by atoms with Gasteiger partial charge in [0.15, 0.2) is 0 Å². The van der Waals surface area contributed by atoms with Gasteiger partial charge in [-0.15, -0.1) is 0 Å². The van der Waals surface area contributed by atoms with E-state index in [9.17, 15) is 0 Å². The van der Waals surface area contributed by atoms with Gasteiger partial charge in [0.25, 0.3) is 0 Å². The van der Waals surface area contributed by atoms with Crippen molar-refractivity contribution in [2.24, 2.45) is 5.92 Å². The predicted molar refractivity (Wildman–Crippen MR) is 118 cm³/mol. The molecule has 4 rings (SSSR count). The zero-order valence-corrected chi connectivity index (χ0v) is 17.1. The van der Waals surface area contributed by atoms with Crippen molar-refractivity contribution in [3.63, 3.8) is 0 Å². The van der Waals surface area contributed by atoms with Gasteiger partial charge in [-0.2, -0.15) is 0 Å². The minimum absolute atomic E-state index is 0.758. The molecule has 1 aliphatic rings. The van der Waals surface area contributed by atoms with Gasteiger partial charge in [-0.3, -0.25) is 4.72 Å². The second-order valence-electron chi connectivity index (χ2n) is 7.29. The number of ether oxygens (including phenoxy) is 1. The van der Waals surface area contributed by atoms with Crippen LogP contribution in [0, 0.1) is 5.92 Å². The highest BCUT2D eigenvalue weighted by Crippen LogP contribution is 2.34. The molecule has 0 saturated carbocycles. The summed E-state index contributed by atoms with van der Waals surface area (Å²) in [6.45, 7) is 3.89. The van der Waals surface area contributed by atoms with E-state index in [4.69, 9.17) is 4.74 Å². The maximum atomic E-state index is 6.23. The lowest BCUT2D eigenvalue weighted by Crippen LogP contribution is -2.28. The maximum absolute atomic E-state index is 6.23. The molecule has 5 nitrogen and oxygen atoms in total. The Morgan fingerprint density at radius 3 is 2.79 bits per heavy atom. The molecule has 0 aliphatic carbocycles. The Bertz CT molecular complexity index is 887. The smallest absolute Gasteiger partial charge is 0.141 e. The van der Waals surface area contributed by atoms with Gasteiger partial charge in [-0.05, 0) is 61.7 Å². The Balaban J connectivity index is 1.51. The quantitative estimate of drug-likeness (QED) is 0.494. The summed E-state index contributed by atoms with van der Waals surface area (Å²) in [7, 11) is 0. The van der Waals surface area contributed by atoms with Gasteiger partial charge in [-0.25, -0.2) is 4.98 Å². The number of H-pyrrole nitrogens is 1. The van der Waals surface area contributed by atoms with E-state index in [1.807, 2.05) is 24.7 Å². The summed E-state index contributed by atoms with van der Waals surface area (Å²) in [5.41, 5.74) is 4.47. The molecular formula is C22H28N4OS. The molecule has 1 fully saturated rings. The number of benzene rings is 1. The number of nitrogens with one attached hydrogen (secondary N) is 3. The molecule has 0 atom stereocenters. The number of aromatic amines is 1. The van der Waals surface area contributed by atoms with Gasteiger partial charge < -0.3 is 15.0 Å². The van der Waals surface area contributed by atoms with Gasteiger partial charge in [0.05, 0.1) is 12.0 Å². The molecule has 1 aromatic carbocycles. The summed E-state index contributed by atoms with van der Waals surface area (Å²) in [6.07, 6.45) is 9.51. The summed E-state index contributed by atoms with van der Waals surface area (Å²) in [5, 5.41) is 4.50. The van der Waals surface area contributed by atoms with Gasteiger partial charge in [-0.1, -0.05) is 36.2 Å². The molecule has 6 heteroatoms. The van der Waals surface area contributed by atoms with Crippen LogP contribution < -0.4 is 14.8 Å². The first kappa shape index (κ1) is 19.3. The molecule has 2 aromatic heterocycles. The molecule has 1 aliphatic heterocycles. The SMILES string of the molecule is CSNCc1ccc(-c2c[nH]c3nccc(OCCC4CCNCC4)c23)cc1. The molecule has 1 saturated heterocycles. The zero-order chi connectivity index (χ0) is 19.2. The van der Waals surface area contributed by atoms with E-state index >= 15 is 0 Å². The van der Waals surface area contributed by atoms with E-state index in [0.29, 0.717) is 0 Å². The van der Waals surface area contributed by atoms with E-state index in [-0.39, 0.29) is 0 Å². The van der Waals surface area contributed by atoms with Crippen LogP contribution in [-0.4, -0.2) is 35.9 Å². The molecule has 3 heterocycles. The number of fused-ring (bicyclic) bond motifs is 1. The number of hydrogen-bond acceptors (Lipinski definition) is 5. The molecule has 0 amide bonds. The normalized spacial score (nSPS) is 15.2. The average Bonchev–Trinajstić information content (AvgIpc) is 3.18. The van der Waals surface area contributed by atoms with Gasteiger partial charge in [0.1, 0.15) is 11.4 Å². The highest BCUT2D eigenvalue weighted by atomic mass is 32.2. The van der Waals surface area contributed by atoms with Crippen LogP contribution in [0.15, 0.2) is 42.7 Å². The summed E-state index contributed by atoms with van der Waals surface area (Å²) in [5.74, 6) is 1.69. The zero-order valence-electron chi connectivity index (χ0n) is 16.3. The van der Waals surface area contributed by atoms with E-state index in [0.717, 1.165) is 60.9 Å². The number of pyridine rings is 1. The molecule has 0 unspecified atom stereocenters. The topological polar surface area (TPSA) is 62.0 Å². The van der Waals surface area contributed by atoms with Crippen molar-refractivity contribution >= 4 is 23.0 Å². The number of aromatic nitrogens is 2. The Morgan fingerprint density at radius 1 is 1.18 bits per heavy atom. The Hall–Kier alpha value is -2.02. The lowest BCUT2D eigenvalue weighted by atomic mass is 9.95. The first-order chi connectivity index (χ1) is 13.8. The average molecular weight is 397 g/mol. The summed E-state index contributed by atoms with van der Waals surface area (Å²) in [4.78, 5) is 7.79. The monoisotopic (exact) mass is 396 g/mol. The van der Waals surface area contributed by atoms with Crippen molar-refractivity contribution in [3.05, 3.63) is 48.3 Å². The van der Waals surface area contributed by atoms with E-state index in [1.165, 1.54) is 24.0 Å². The largest absolute Gasteiger partial charge is 0.493 e. The maximum Gasteiger partial charge on any atom is 0.141 e. The van der Waals surface area contributed by atoms with Gasteiger partial charge in [0, 0.05) is 24.5 Å². The highest BCUT2D eigenvalue weighted by Gasteiger charge is 2.15. The van der Waals surface area contributed by atoms with E-state index in [2.05, 4.69) is 44.3 Å². The van der Waals surface area contributed by atoms with Crippen molar-refractivity contribution in [2.45, 2.75) is 25.8 Å². The Kier molecular flexibility index (Phi) is 6.52. The molecule has 3 aromatic rings. The standard InChI is InChI=1S/C22H28N4OS/c1-28-26-14-17-2-4-18(5-3-17)19-15-25-22-21(19)20(8-12-24-22)27-13-9-16-6-10-23-11-7-16/h2-5,8,12,15-16,23,26H,6-7,9-11,13-14H2,1H3,(H,24,25). The van der Waals surface area contributed by atoms with Crippen molar-refractivity contribution in [1.82, 2.24) is 20.0 Å². The first-order valence-electron chi connectivity index (χ1n) is 10.00. The fraction of sp³-hybridized carbons (Fsp3) is 0.409. The number of nitrogens with zero attached hydrogens (tertiary/aromatic N) is 1. The molecule has 0 spiro atoms. The fourth-order valence-electron chi connectivity index (χ4n) is 3.84. The first-order valence-corrected chi connectivity index (χ1v) is 11.2. The number of piperidine rings is 1. The van der Waals surface area contributed by atoms with Crippen molar-refractivity contribution in [3.8, 4) is 16.9 Å². The van der Waals surface area contributed by atoms with Crippen LogP contribution in [-0.2, 0) is 6.54 Å². The number of hydrogen-bond donors (Lipinski definition) is 3. The number of rotatable bonds is 8. The lowest BCUT2D eigenvalue weighted by molar-refractivity contribution is 0.254. The van der Waals surface area contributed by atoms with E-state index < -0.39 is 0 Å². The third-order valence-corrected chi connectivity index (χ3v) is 5.90. The van der Waals surface area contributed by atoms with Gasteiger partial charge in [0.2, 0.25) is 0 Å². The minimum atomic E-state index is 0.758. The third kappa shape index (κ3) is 4.51. The minimum Gasteiger partial charge on any atom is -0.493 e. The summed E-state index contributed by atoms with van der Waals surface area (Å²) >= 11 is 1.64. The van der Waals surface area contributed by atoms with Gasteiger partial charge >= 0.3 is 0 Å². The molecular weight excluding hydrogens is 368 g/mol. The second kappa shape index (κ2) is 9.45. The lowest BCUT2D eigenvalue weighted by Gasteiger charge is -2.22. The Labute approximate surface area is 170 Å². The van der Waals surface area contributed by atoms with Crippen LogP contribution in [0.5, 0.6) is 5.75 Å². The molecule has 148 valence electrons.